The average molecular weight is 342 g/mol. The zero-order valence-electron chi connectivity index (χ0n) is 13.2. The number of aromatic amines is 1. The van der Waals surface area contributed by atoms with Gasteiger partial charge in [0.1, 0.15) is 5.82 Å². The van der Waals surface area contributed by atoms with E-state index in [1.807, 2.05) is 0 Å². The number of nitrogens with one attached hydrogen (secondary N) is 2. The molecule has 0 radical (unpaired) electrons. The van der Waals surface area contributed by atoms with E-state index >= 15 is 0 Å². The van der Waals surface area contributed by atoms with E-state index in [2.05, 4.69) is 15.3 Å². The number of carbonyl (C=O) groups excluding carboxylic acids is 2. The topological polar surface area (TPSA) is 95.2 Å². The molecule has 8 heteroatoms. The van der Waals surface area contributed by atoms with E-state index in [9.17, 15) is 18.8 Å². The number of rotatable bonds is 1. The molecule has 7 nitrogen and oxygen atoms in total. The normalized spacial score (nSPS) is 19.0. The highest BCUT2D eigenvalue weighted by Gasteiger charge is 2.35. The van der Waals surface area contributed by atoms with Gasteiger partial charge in [0, 0.05) is 24.2 Å². The van der Waals surface area contributed by atoms with Gasteiger partial charge < -0.3 is 15.2 Å². The van der Waals surface area contributed by atoms with Crippen molar-refractivity contribution in [2.45, 2.75) is 25.3 Å². The molecule has 0 spiro atoms. The smallest absolute Gasteiger partial charge is 0.254 e. The summed E-state index contributed by atoms with van der Waals surface area (Å²) in [7, 11) is 0. The number of hydrogen-bond acceptors (Lipinski definition) is 4. The number of nitrogens with zero attached hydrogens (tertiary/aromatic N) is 2. The van der Waals surface area contributed by atoms with Gasteiger partial charge in [0.25, 0.3) is 5.56 Å². The Labute approximate surface area is 141 Å². The minimum absolute atomic E-state index is 0.0263. The molecular weight excluding hydrogens is 327 g/mol. The van der Waals surface area contributed by atoms with Crippen LogP contribution < -0.4 is 10.9 Å². The zero-order valence-corrected chi connectivity index (χ0v) is 13.2. The Kier molecular flexibility index (Phi) is 3.60. The third-order valence-corrected chi connectivity index (χ3v) is 4.67. The molecule has 0 fully saturated rings. The van der Waals surface area contributed by atoms with Crippen molar-refractivity contribution in [2.75, 3.05) is 11.9 Å². The SMILES string of the molecule is O=C1CC(C(=O)N2CCc3c(nc[nH]c3=O)C2)c2cc(F)ccc2N1. The van der Waals surface area contributed by atoms with Gasteiger partial charge in [-0.15, -0.1) is 0 Å². The summed E-state index contributed by atoms with van der Waals surface area (Å²) < 4.78 is 13.6. The van der Waals surface area contributed by atoms with Crippen molar-refractivity contribution in [2.24, 2.45) is 0 Å². The van der Waals surface area contributed by atoms with Crippen LogP contribution in [0, 0.1) is 5.82 Å². The second-order valence-corrected chi connectivity index (χ2v) is 6.20. The van der Waals surface area contributed by atoms with Crippen LogP contribution in [-0.2, 0) is 22.6 Å². The Morgan fingerprint density at radius 1 is 1.32 bits per heavy atom. The fourth-order valence-corrected chi connectivity index (χ4v) is 3.43. The summed E-state index contributed by atoms with van der Waals surface area (Å²) >= 11 is 0. The molecule has 0 saturated carbocycles. The predicted molar refractivity (Wildman–Crippen MR) is 86.4 cm³/mol. The summed E-state index contributed by atoms with van der Waals surface area (Å²) in [5.41, 5.74) is 1.89. The van der Waals surface area contributed by atoms with Crippen LogP contribution in [-0.4, -0.2) is 33.2 Å². The number of hydrogen-bond donors (Lipinski definition) is 2. The van der Waals surface area contributed by atoms with E-state index in [1.165, 1.54) is 24.5 Å². The molecule has 2 aliphatic rings. The van der Waals surface area contributed by atoms with Crippen LogP contribution in [0.15, 0.2) is 29.3 Å². The highest BCUT2D eigenvalue weighted by molar-refractivity contribution is 6.01. The average Bonchev–Trinajstić information content (AvgIpc) is 2.61. The zero-order chi connectivity index (χ0) is 17.6. The van der Waals surface area contributed by atoms with E-state index in [0.717, 1.165) is 0 Å². The molecule has 1 aromatic carbocycles. The molecule has 3 heterocycles. The third-order valence-electron chi connectivity index (χ3n) is 4.67. The van der Waals surface area contributed by atoms with Crippen LogP contribution >= 0.6 is 0 Å². The number of amides is 2. The Balaban J connectivity index is 1.65. The molecule has 0 aliphatic carbocycles. The van der Waals surface area contributed by atoms with Gasteiger partial charge in [-0.25, -0.2) is 9.37 Å². The predicted octanol–water partition coefficient (Wildman–Crippen LogP) is 0.920. The lowest BCUT2D eigenvalue weighted by Gasteiger charge is -2.33. The molecule has 2 amide bonds. The van der Waals surface area contributed by atoms with E-state index in [1.54, 1.807) is 4.90 Å². The number of carbonyl (C=O) groups is 2. The lowest BCUT2D eigenvalue weighted by atomic mass is 9.88. The molecule has 1 atom stereocenters. The first-order chi connectivity index (χ1) is 12.0. The van der Waals surface area contributed by atoms with Crippen LogP contribution in [0.4, 0.5) is 10.1 Å². The second-order valence-electron chi connectivity index (χ2n) is 6.20. The van der Waals surface area contributed by atoms with Crippen molar-refractivity contribution in [1.82, 2.24) is 14.9 Å². The summed E-state index contributed by atoms with van der Waals surface area (Å²) in [5, 5.41) is 2.66. The van der Waals surface area contributed by atoms with Gasteiger partial charge in [0.2, 0.25) is 11.8 Å². The Morgan fingerprint density at radius 2 is 2.16 bits per heavy atom. The maximum atomic E-state index is 13.6. The lowest BCUT2D eigenvalue weighted by molar-refractivity contribution is -0.135. The number of H-pyrrole nitrogens is 1. The Morgan fingerprint density at radius 3 is 3.00 bits per heavy atom. The fourth-order valence-electron chi connectivity index (χ4n) is 3.43. The molecule has 2 aliphatic heterocycles. The molecule has 128 valence electrons. The molecule has 0 saturated heterocycles. The van der Waals surface area contributed by atoms with Crippen LogP contribution in [0.25, 0.3) is 0 Å². The van der Waals surface area contributed by atoms with Crippen LogP contribution in [0.3, 0.4) is 0 Å². The molecule has 2 aromatic rings. The quantitative estimate of drug-likeness (QED) is 0.806. The number of aromatic nitrogens is 2. The molecule has 1 aromatic heterocycles. The van der Waals surface area contributed by atoms with E-state index in [4.69, 9.17) is 0 Å². The largest absolute Gasteiger partial charge is 0.336 e. The standard InChI is InChI=1S/C17H15FN4O3/c18-9-1-2-13-11(5-9)12(6-15(23)21-13)17(25)22-4-3-10-14(7-22)19-8-20-16(10)24/h1-2,5,8,12H,3-4,6-7H2,(H,21,23)(H,19,20,24). The lowest BCUT2D eigenvalue weighted by Crippen LogP contribution is -2.43. The van der Waals surface area contributed by atoms with Gasteiger partial charge in [-0.05, 0) is 30.2 Å². The first kappa shape index (κ1) is 15.5. The Hall–Kier alpha value is -3.03. The number of anilines is 1. The first-order valence-electron chi connectivity index (χ1n) is 7.96. The minimum atomic E-state index is -0.733. The van der Waals surface area contributed by atoms with Crippen molar-refractivity contribution in [1.29, 1.82) is 0 Å². The van der Waals surface area contributed by atoms with Crippen LogP contribution in [0.5, 0.6) is 0 Å². The summed E-state index contributed by atoms with van der Waals surface area (Å²) in [4.78, 5) is 44.9. The molecule has 25 heavy (non-hydrogen) atoms. The summed E-state index contributed by atoms with van der Waals surface area (Å²) in [5.74, 6) is -1.72. The van der Waals surface area contributed by atoms with Crippen molar-refractivity contribution in [3.8, 4) is 0 Å². The van der Waals surface area contributed by atoms with Crippen LogP contribution in [0.1, 0.15) is 29.2 Å². The van der Waals surface area contributed by atoms with E-state index in [-0.39, 0.29) is 30.3 Å². The van der Waals surface area contributed by atoms with Crippen molar-refractivity contribution < 1.29 is 14.0 Å². The maximum Gasteiger partial charge on any atom is 0.254 e. The molecule has 2 N–H and O–H groups in total. The van der Waals surface area contributed by atoms with E-state index < -0.39 is 11.7 Å². The highest BCUT2D eigenvalue weighted by Crippen LogP contribution is 2.34. The van der Waals surface area contributed by atoms with Crippen molar-refractivity contribution in [3.63, 3.8) is 0 Å². The molecular formula is C17H15FN4O3. The van der Waals surface area contributed by atoms with Gasteiger partial charge >= 0.3 is 0 Å². The van der Waals surface area contributed by atoms with Crippen LogP contribution in [0.2, 0.25) is 0 Å². The Bertz CT molecular complexity index is 940. The van der Waals surface area contributed by atoms with E-state index in [0.29, 0.717) is 35.5 Å². The monoisotopic (exact) mass is 342 g/mol. The number of benzene rings is 1. The third kappa shape index (κ3) is 2.69. The summed E-state index contributed by atoms with van der Waals surface area (Å²) in [6, 6.07) is 4.01. The second kappa shape index (κ2) is 5.80. The first-order valence-corrected chi connectivity index (χ1v) is 7.96. The van der Waals surface area contributed by atoms with Gasteiger partial charge in [-0.2, -0.15) is 0 Å². The molecule has 0 bridgehead atoms. The highest BCUT2D eigenvalue weighted by atomic mass is 19.1. The molecule has 1 unspecified atom stereocenters. The minimum Gasteiger partial charge on any atom is -0.336 e. The summed E-state index contributed by atoms with van der Waals surface area (Å²) in [6.45, 7) is 0.574. The van der Waals surface area contributed by atoms with Crippen molar-refractivity contribution in [3.05, 3.63) is 57.5 Å². The van der Waals surface area contributed by atoms with Gasteiger partial charge in [0.05, 0.1) is 24.5 Å². The number of fused-ring (bicyclic) bond motifs is 2. The van der Waals surface area contributed by atoms with Crippen molar-refractivity contribution >= 4 is 17.5 Å². The molecule has 4 rings (SSSR count). The number of halogens is 1. The fraction of sp³-hybridized carbons (Fsp3) is 0.294. The van der Waals surface area contributed by atoms with Gasteiger partial charge in [-0.3, -0.25) is 14.4 Å². The van der Waals surface area contributed by atoms with Gasteiger partial charge in [-0.1, -0.05) is 0 Å². The summed E-state index contributed by atoms with van der Waals surface area (Å²) in [6.07, 6.45) is 1.69. The van der Waals surface area contributed by atoms with Gasteiger partial charge in [0.15, 0.2) is 0 Å². The maximum absolute atomic E-state index is 13.6.